The van der Waals surface area contributed by atoms with Crippen molar-refractivity contribution < 1.29 is 4.57 Å². The Morgan fingerprint density at radius 3 is 2.83 bits per heavy atom. The van der Waals surface area contributed by atoms with Crippen LogP contribution >= 0.6 is 11.3 Å². The molecule has 1 aromatic rings. The first kappa shape index (κ1) is 8.01. The summed E-state index contributed by atoms with van der Waals surface area (Å²) < 4.78 is 2.11. The summed E-state index contributed by atoms with van der Waals surface area (Å²) in [6.45, 7) is 4.50. The largest absolute Gasteiger partial charge is 0.356 e. The van der Waals surface area contributed by atoms with Gasteiger partial charge < -0.3 is 10.2 Å². The zero-order valence-electron chi connectivity index (χ0n) is 7.29. The smallest absolute Gasteiger partial charge is 0.226 e. The van der Waals surface area contributed by atoms with Gasteiger partial charge in [0.15, 0.2) is 5.00 Å². The van der Waals surface area contributed by atoms with Crippen LogP contribution in [0.1, 0.15) is 0 Å². The molecule has 2 rings (SSSR count). The molecule has 66 valence electrons. The standard InChI is InChI=1S/C8H14N3S/c1-10-6-8(12-7-10)11-4-2-9-3-5-11/h6-7,9H,2-5H2,1H3/q+1. The van der Waals surface area contributed by atoms with Crippen LogP contribution in [0.15, 0.2) is 11.7 Å². The van der Waals surface area contributed by atoms with Gasteiger partial charge in [-0.2, -0.15) is 4.57 Å². The Morgan fingerprint density at radius 2 is 2.25 bits per heavy atom. The van der Waals surface area contributed by atoms with E-state index >= 15 is 0 Å². The zero-order valence-corrected chi connectivity index (χ0v) is 8.10. The predicted octanol–water partition coefficient (Wildman–Crippen LogP) is -0.0178. The van der Waals surface area contributed by atoms with Crippen molar-refractivity contribution in [2.24, 2.45) is 7.05 Å². The van der Waals surface area contributed by atoms with Crippen molar-refractivity contribution in [3.63, 3.8) is 0 Å². The maximum atomic E-state index is 3.35. The third-order valence-corrected chi connectivity index (χ3v) is 3.13. The summed E-state index contributed by atoms with van der Waals surface area (Å²) in [7, 11) is 2.07. The Morgan fingerprint density at radius 1 is 1.50 bits per heavy atom. The van der Waals surface area contributed by atoms with E-state index in [-0.39, 0.29) is 0 Å². The second-order valence-electron chi connectivity index (χ2n) is 3.09. The Balaban J connectivity index is 2.08. The molecule has 0 unspecified atom stereocenters. The van der Waals surface area contributed by atoms with Crippen molar-refractivity contribution in [3.05, 3.63) is 11.7 Å². The van der Waals surface area contributed by atoms with E-state index in [1.54, 1.807) is 0 Å². The summed E-state index contributed by atoms with van der Waals surface area (Å²) in [6, 6.07) is 0. The van der Waals surface area contributed by atoms with Crippen LogP contribution < -0.4 is 14.8 Å². The van der Waals surface area contributed by atoms with Crippen molar-refractivity contribution in [1.82, 2.24) is 5.32 Å². The Bertz CT molecular complexity index is 253. The topological polar surface area (TPSA) is 19.1 Å². The third-order valence-electron chi connectivity index (χ3n) is 2.08. The molecule has 0 atom stereocenters. The maximum absolute atomic E-state index is 3.35. The zero-order chi connectivity index (χ0) is 8.39. The second kappa shape index (κ2) is 3.41. The van der Waals surface area contributed by atoms with Crippen LogP contribution in [0.3, 0.4) is 0 Å². The average Bonchev–Trinajstić information content (AvgIpc) is 2.54. The van der Waals surface area contributed by atoms with E-state index in [1.165, 1.54) is 5.00 Å². The molecule has 1 N–H and O–H groups in total. The van der Waals surface area contributed by atoms with Gasteiger partial charge in [0.1, 0.15) is 7.05 Å². The minimum absolute atomic E-state index is 1.11. The molecule has 1 fully saturated rings. The van der Waals surface area contributed by atoms with Gasteiger partial charge >= 0.3 is 0 Å². The molecule has 4 heteroatoms. The molecule has 3 nitrogen and oxygen atoms in total. The molecule has 0 aliphatic carbocycles. The number of nitrogens with zero attached hydrogens (tertiary/aromatic N) is 2. The highest BCUT2D eigenvalue weighted by Crippen LogP contribution is 2.17. The van der Waals surface area contributed by atoms with E-state index in [1.807, 2.05) is 11.3 Å². The first-order valence-corrected chi connectivity index (χ1v) is 5.13. The Kier molecular flexibility index (Phi) is 2.28. The lowest BCUT2D eigenvalue weighted by atomic mass is 10.4. The number of aryl methyl sites for hydroxylation is 1. The fourth-order valence-electron chi connectivity index (χ4n) is 1.41. The molecule has 0 amide bonds. The molecule has 0 spiro atoms. The first-order chi connectivity index (χ1) is 5.86. The maximum Gasteiger partial charge on any atom is 0.226 e. The number of nitrogens with one attached hydrogen (secondary N) is 1. The minimum Gasteiger partial charge on any atom is -0.356 e. The highest BCUT2D eigenvalue weighted by atomic mass is 32.1. The molecule has 1 saturated heterocycles. The lowest BCUT2D eigenvalue weighted by Gasteiger charge is -2.26. The summed E-state index contributed by atoms with van der Waals surface area (Å²) in [5.41, 5.74) is 2.14. The van der Waals surface area contributed by atoms with Crippen molar-refractivity contribution in [2.75, 3.05) is 31.1 Å². The fourth-order valence-corrected chi connectivity index (χ4v) is 2.31. The van der Waals surface area contributed by atoms with Crippen LogP contribution in [-0.4, -0.2) is 26.2 Å². The SMILES string of the molecule is C[n+]1csc(N2CCNCC2)c1. The third kappa shape index (κ3) is 1.59. The van der Waals surface area contributed by atoms with E-state index in [9.17, 15) is 0 Å². The molecular weight excluding hydrogens is 170 g/mol. The van der Waals surface area contributed by atoms with E-state index < -0.39 is 0 Å². The minimum atomic E-state index is 1.11. The van der Waals surface area contributed by atoms with Crippen molar-refractivity contribution >= 4 is 16.3 Å². The van der Waals surface area contributed by atoms with Gasteiger partial charge in [-0.15, -0.1) is 0 Å². The summed E-state index contributed by atoms with van der Waals surface area (Å²) in [6.07, 6.45) is 2.19. The van der Waals surface area contributed by atoms with Crippen LogP contribution in [-0.2, 0) is 7.05 Å². The van der Waals surface area contributed by atoms with Crippen LogP contribution in [0.4, 0.5) is 5.00 Å². The second-order valence-corrected chi connectivity index (χ2v) is 3.96. The van der Waals surface area contributed by atoms with Crippen molar-refractivity contribution in [1.29, 1.82) is 0 Å². The van der Waals surface area contributed by atoms with Crippen LogP contribution in [0, 0.1) is 0 Å². The average molecular weight is 184 g/mol. The van der Waals surface area contributed by atoms with Gasteiger partial charge in [-0.3, -0.25) is 0 Å². The highest BCUT2D eigenvalue weighted by molar-refractivity contribution is 7.13. The number of aromatic nitrogens is 1. The van der Waals surface area contributed by atoms with Gasteiger partial charge in [-0.05, 0) is 0 Å². The Labute approximate surface area is 76.6 Å². The number of hydrogen-bond acceptors (Lipinski definition) is 3. The van der Waals surface area contributed by atoms with Gasteiger partial charge in [-0.25, -0.2) is 0 Å². The molecule has 12 heavy (non-hydrogen) atoms. The number of thiazole rings is 1. The lowest BCUT2D eigenvalue weighted by Crippen LogP contribution is -2.43. The normalized spacial score (nSPS) is 18.2. The molecule has 0 aromatic carbocycles. The lowest BCUT2D eigenvalue weighted by molar-refractivity contribution is -0.666. The van der Waals surface area contributed by atoms with Gasteiger partial charge in [0, 0.05) is 26.2 Å². The van der Waals surface area contributed by atoms with E-state index in [0.717, 1.165) is 26.2 Å². The van der Waals surface area contributed by atoms with Crippen LogP contribution in [0.25, 0.3) is 0 Å². The predicted molar refractivity (Wildman–Crippen MR) is 50.6 cm³/mol. The number of hydrogen-bond donors (Lipinski definition) is 1. The molecule has 0 bridgehead atoms. The molecule has 2 heterocycles. The highest BCUT2D eigenvalue weighted by Gasteiger charge is 2.14. The number of piperazine rings is 1. The van der Waals surface area contributed by atoms with E-state index in [4.69, 9.17) is 0 Å². The molecule has 1 aliphatic rings. The molecular formula is C8H14N3S+. The Hall–Kier alpha value is -0.610. The number of rotatable bonds is 1. The van der Waals surface area contributed by atoms with E-state index in [2.05, 4.69) is 33.5 Å². The summed E-state index contributed by atoms with van der Waals surface area (Å²) in [5.74, 6) is 0. The quantitative estimate of drug-likeness (QED) is 0.619. The van der Waals surface area contributed by atoms with Crippen LogP contribution in [0.5, 0.6) is 0 Å². The fraction of sp³-hybridized carbons (Fsp3) is 0.625. The summed E-state index contributed by atoms with van der Waals surface area (Å²) >= 11 is 1.82. The molecule has 1 aromatic heterocycles. The first-order valence-electron chi connectivity index (χ1n) is 4.26. The molecule has 0 radical (unpaired) electrons. The van der Waals surface area contributed by atoms with Crippen LogP contribution in [0.2, 0.25) is 0 Å². The molecule has 0 saturated carbocycles. The van der Waals surface area contributed by atoms with E-state index in [0.29, 0.717) is 0 Å². The van der Waals surface area contributed by atoms with Gasteiger partial charge in [0.05, 0.1) is 0 Å². The van der Waals surface area contributed by atoms with Gasteiger partial charge in [0.2, 0.25) is 11.7 Å². The van der Waals surface area contributed by atoms with Crippen molar-refractivity contribution in [3.8, 4) is 0 Å². The summed E-state index contributed by atoms with van der Waals surface area (Å²) in [5, 5.41) is 4.74. The van der Waals surface area contributed by atoms with Gasteiger partial charge in [-0.1, -0.05) is 11.3 Å². The van der Waals surface area contributed by atoms with Gasteiger partial charge in [0.25, 0.3) is 0 Å². The number of anilines is 1. The molecule has 1 aliphatic heterocycles. The monoisotopic (exact) mass is 184 g/mol. The van der Waals surface area contributed by atoms with Crippen molar-refractivity contribution in [2.45, 2.75) is 0 Å². The summed E-state index contributed by atoms with van der Waals surface area (Å²) in [4.78, 5) is 2.43.